The number of carbonyl (C=O) groups excluding carboxylic acids is 1. The van der Waals surface area contributed by atoms with Gasteiger partial charge in [0.05, 0.1) is 19.2 Å². The van der Waals surface area contributed by atoms with Crippen molar-refractivity contribution in [3.63, 3.8) is 0 Å². The lowest BCUT2D eigenvalue weighted by atomic mass is 10.0. The fourth-order valence-corrected chi connectivity index (χ4v) is 3.71. The van der Waals surface area contributed by atoms with E-state index in [1.165, 1.54) is 0 Å². The molecule has 1 amide bonds. The number of hydrogen-bond donors (Lipinski definition) is 1. The van der Waals surface area contributed by atoms with E-state index in [2.05, 4.69) is 30.6 Å². The molecule has 0 spiro atoms. The number of methoxy groups -OCH3 is 1. The van der Waals surface area contributed by atoms with E-state index in [0.29, 0.717) is 17.5 Å². The highest BCUT2D eigenvalue weighted by atomic mass is 16.5. The highest BCUT2D eigenvalue weighted by Crippen LogP contribution is 2.24. The topological polar surface area (TPSA) is 93.1 Å². The van der Waals surface area contributed by atoms with Crippen molar-refractivity contribution in [1.29, 1.82) is 0 Å². The second-order valence-corrected chi connectivity index (χ2v) is 7.33. The lowest BCUT2D eigenvalue weighted by Crippen LogP contribution is -2.22. The third-order valence-electron chi connectivity index (χ3n) is 5.20. The Morgan fingerprint density at radius 1 is 1.13 bits per heavy atom. The number of carbonyl (C=O) groups is 1. The van der Waals surface area contributed by atoms with Gasteiger partial charge >= 0.3 is 0 Å². The molecule has 2 aromatic heterocycles. The molecule has 1 saturated heterocycles. The molecule has 1 atom stereocenters. The second kappa shape index (κ2) is 9.30. The Morgan fingerprint density at radius 2 is 2.03 bits per heavy atom. The standard InChI is InChI=1S/C22H24N6O2/c1-30-19-7-3-2-5-17(19)14-22(29)24-20-8-9-21(27-26-20)28-12-10-16(15-28)13-18-6-4-11-23-25-18/h2-9,11,16H,10,12-15H2,1H3,(H,24,26,29)/t16-/m0/s1. The fraction of sp³-hybridized carbons (Fsp3) is 0.318. The third-order valence-corrected chi connectivity index (χ3v) is 5.20. The van der Waals surface area contributed by atoms with Crippen molar-refractivity contribution in [3.8, 4) is 5.75 Å². The molecule has 1 N–H and O–H groups in total. The molecular weight excluding hydrogens is 380 g/mol. The maximum Gasteiger partial charge on any atom is 0.230 e. The number of aromatic nitrogens is 4. The normalized spacial score (nSPS) is 15.8. The number of hydrogen-bond acceptors (Lipinski definition) is 7. The van der Waals surface area contributed by atoms with Gasteiger partial charge in [-0.15, -0.1) is 10.2 Å². The van der Waals surface area contributed by atoms with Gasteiger partial charge in [-0.3, -0.25) is 4.79 Å². The van der Waals surface area contributed by atoms with Crippen LogP contribution in [0.5, 0.6) is 5.75 Å². The Balaban J connectivity index is 1.31. The van der Waals surface area contributed by atoms with E-state index in [0.717, 1.165) is 43.0 Å². The van der Waals surface area contributed by atoms with Crippen molar-refractivity contribution in [2.45, 2.75) is 19.3 Å². The first-order chi connectivity index (χ1) is 14.7. The fourth-order valence-electron chi connectivity index (χ4n) is 3.71. The van der Waals surface area contributed by atoms with E-state index in [9.17, 15) is 4.79 Å². The number of anilines is 2. The van der Waals surface area contributed by atoms with E-state index in [4.69, 9.17) is 4.74 Å². The highest BCUT2D eigenvalue weighted by Gasteiger charge is 2.24. The van der Waals surface area contributed by atoms with Crippen LogP contribution in [0, 0.1) is 5.92 Å². The van der Waals surface area contributed by atoms with Crippen molar-refractivity contribution in [2.75, 3.05) is 30.4 Å². The molecule has 8 heteroatoms. The summed E-state index contributed by atoms with van der Waals surface area (Å²) in [6.07, 6.45) is 3.89. The number of rotatable bonds is 7. The average molecular weight is 404 g/mol. The van der Waals surface area contributed by atoms with Gasteiger partial charge < -0.3 is 15.0 Å². The van der Waals surface area contributed by atoms with Gasteiger partial charge in [0.2, 0.25) is 5.91 Å². The predicted molar refractivity (Wildman–Crippen MR) is 113 cm³/mol. The largest absolute Gasteiger partial charge is 0.496 e. The minimum atomic E-state index is -0.160. The molecule has 1 aliphatic rings. The number of nitrogens with one attached hydrogen (secondary N) is 1. The molecule has 3 aromatic rings. The SMILES string of the molecule is COc1ccccc1CC(=O)Nc1ccc(N2CC[C@@H](Cc3cccnn3)C2)nn1. The summed E-state index contributed by atoms with van der Waals surface area (Å²) < 4.78 is 5.29. The molecule has 0 saturated carbocycles. The van der Waals surface area contributed by atoms with Crippen LogP contribution in [0.25, 0.3) is 0 Å². The van der Waals surface area contributed by atoms with Gasteiger partial charge in [-0.2, -0.15) is 10.2 Å². The second-order valence-electron chi connectivity index (χ2n) is 7.33. The summed E-state index contributed by atoms with van der Waals surface area (Å²) >= 11 is 0. The van der Waals surface area contributed by atoms with Gasteiger partial charge in [-0.1, -0.05) is 18.2 Å². The minimum absolute atomic E-state index is 0.160. The number of benzene rings is 1. The molecule has 8 nitrogen and oxygen atoms in total. The maximum absolute atomic E-state index is 12.4. The molecule has 30 heavy (non-hydrogen) atoms. The number of nitrogens with zero attached hydrogens (tertiary/aromatic N) is 5. The van der Waals surface area contributed by atoms with Crippen molar-refractivity contribution in [2.24, 2.45) is 5.92 Å². The first kappa shape index (κ1) is 19.8. The van der Waals surface area contributed by atoms with Crippen LogP contribution in [0.2, 0.25) is 0 Å². The van der Waals surface area contributed by atoms with E-state index in [1.54, 1.807) is 19.4 Å². The molecule has 1 aliphatic heterocycles. The Labute approximate surface area is 175 Å². The smallest absolute Gasteiger partial charge is 0.230 e. The Bertz CT molecular complexity index is 980. The number of amides is 1. The summed E-state index contributed by atoms with van der Waals surface area (Å²) in [4.78, 5) is 14.6. The number of para-hydroxylation sites is 1. The van der Waals surface area contributed by atoms with Gasteiger partial charge in [-0.25, -0.2) is 0 Å². The first-order valence-corrected chi connectivity index (χ1v) is 9.98. The Morgan fingerprint density at radius 3 is 2.80 bits per heavy atom. The van der Waals surface area contributed by atoms with Crippen LogP contribution in [0.15, 0.2) is 54.7 Å². The molecule has 4 rings (SSSR count). The lowest BCUT2D eigenvalue weighted by Gasteiger charge is -2.17. The van der Waals surface area contributed by atoms with Gasteiger partial charge in [0.15, 0.2) is 11.6 Å². The molecule has 154 valence electrons. The summed E-state index contributed by atoms with van der Waals surface area (Å²) in [6.45, 7) is 1.84. The summed E-state index contributed by atoms with van der Waals surface area (Å²) in [5.74, 6) is 2.31. The van der Waals surface area contributed by atoms with E-state index < -0.39 is 0 Å². The zero-order valence-electron chi connectivity index (χ0n) is 16.9. The van der Waals surface area contributed by atoms with Crippen molar-refractivity contribution < 1.29 is 9.53 Å². The Hall–Kier alpha value is -3.55. The zero-order chi connectivity index (χ0) is 20.8. The maximum atomic E-state index is 12.4. The molecule has 0 unspecified atom stereocenters. The first-order valence-electron chi connectivity index (χ1n) is 9.98. The van der Waals surface area contributed by atoms with Gasteiger partial charge in [0, 0.05) is 24.8 Å². The zero-order valence-corrected chi connectivity index (χ0v) is 16.9. The van der Waals surface area contributed by atoms with E-state index >= 15 is 0 Å². The molecular formula is C22H24N6O2. The van der Waals surface area contributed by atoms with Crippen LogP contribution in [0.1, 0.15) is 17.7 Å². The van der Waals surface area contributed by atoms with Crippen LogP contribution in [0.4, 0.5) is 11.6 Å². The average Bonchev–Trinajstić information content (AvgIpc) is 3.24. The third kappa shape index (κ3) is 4.89. The van der Waals surface area contributed by atoms with E-state index in [1.807, 2.05) is 42.5 Å². The summed E-state index contributed by atoms with van der Waals surface area (Å²) in [6, 6.07) is 15.1. The quantitative estimate of drug-likeness (QED) is 0.647. The van der Waals surface area contributed by atoms with Crippen LogP contribution in [0.3, 0.4) is 0 Å². The molecule has 0 bridgehead atoms. The number of ether oxygens (including phenoxy) is 1. The molecule has 0 aliphatic carbocycles. The summed E-state index contributed by atoms with van der Waals surface area (Å²) in [5, 5.41) is 19.4. The highest BCUT2D eigenvalue weighted by molar-refractivity contribution is 5.91. The van der Waals surface area contributed by atoms with Crippen molar-refractivity contribution in [1.82, 2.24) is 20.4 Å². The van der Waals surface area contributed by atoms with Gasteiger partial charge in [-0.05, 0) is 49.1 Å². The van der Waals surface area contributed by atoms with Crippen LogP contribution >= 0.6 is 0 Å². The van der Waals surface area contributed by atoms with Crippen molar-refractivity contribution >= 4 is 17.5 Å². The molecule has 3 heterocycles. The monoisotopic (exact) mass is 404 g/mol. The predicted octanol–water partition coefficient (Wildman–Crippen LogP) is 2.53. The molecule has 0 radical (unpaired) electrons. The Kier molecular flexibility index (Phi) is 6.12. The van der Waals surface area contributed by atoms with Gasteiger partial charge in [0.25, 0.3) is 0 Å². The van der Waals surface area contributed by atoms with Crippen LogP contribution < -0.4 is 15.0 Å². The van der Waals surface area contributed by atoms with Crippen molar-refractivity contribution in [3.05, 3.63) is 66.0 Å². The summed E-state index contributed by atoms with van der Waals surface area (Å²) in [7, 11) is 1.59. The van der Waals surface area contributed by atoms with Crippen LogP contribution in [-0.2, 0) is 17.6 Å². The molecule has 1 fully saturated rings. The van der Waals surface area contributed by atoms with E-state index in [-0.39, 0.29) is 12.3 Å². The van der Waals surface area contributed by atoms with Crippen LogP contribution in [-0.4, -0.2) is 46.5 Å². The summed E-state index contributed by atoms with van der Waals surface area (Å²) in [5.41, 5.74) is 1.84. The van der Waals surface area contributed by atoms with Gasteiger partial charge in [0.1, 0.15) is 5.75 Å². The molecule has 1 aromatic carbocycles. The minimum Gasteiger partial charge on any atom is -0.496 e. The lowest BCUT2D eigenvalue weighted by molar-refractivity contribution is -0.115.